The second kappa shape index (κ2) is 8.13. The van der Waals surface area contributed by atoms with Crippen LogP contribution in [0.3, 0.4) is 0 Å². The molecule has 0 spiro atoms. The van der Waals surface area contributed by atoms with E-state index in [0.29, 0.717) is 5.82 Å². The van der Waals surface area contributed by atoms with Gasteiger partial charge in [0, 0.05) is 31.7 Å². The molecule has 1 aromatic carbocycles. The molecular formula is C18H25N5O2. The monoisotopic (exact) mass is 343 g/mol. The molecule has 2 heterocycles. The van der Waals surface area contributed by atoms with E-state index in [4.69, 9.17) is 4.74 Å². The van der Waals surface area contributed by atoms with E-state index < -0.39 is 0 Å². The fraction of sp³-hybridized carbons (Fsp3) is 0.444. The molecule has 1 atom stereocenters. The number of rotatable bonds is 5. The van der Waals surface area contributed by atoms with Gasteiger partial charge >= 0.3 is 6.03 Å². The van der Waals surface area contributed by atoms with Crippen LogP contribution >= 0.6 is 0 Å². The predicted octanol–water partition coefficient (Wildman–Crippen LogP) is 2.02. The first kappa shape index (κ1) is 17.4. The number of morpholine rings is 1. The molecule has 0 saturated carbocycles. The van der Waals surface area contributed by atoms with Crippen LogP contribution in [0.1, 0.15) is 12.6 Å². The van der Waals surface area contributed by atoms with E-state index in [0.717, 1.165) is 44.2 Å². The van der Waals surface area contributed by atoms with Gasteiger partial charge in [-0.2, -0.15) is 5.10 Å². The van der Waals surface area contributed by atoms with E-state index in [1.165, 1.54) is 0 Å². The Balaban J connectivity index is 1.59. The highest BCUT2D eigenvalue weighted by molar-refractivity contribution is 5.88. The molecule has 0 radical (unpaired) electrons. The van der Waals surface area contributed by atoms with Gasteiger partial charge in [-0.05, 0) is 26.0 Å². The van der Waals surface area contributed by atoms with Crippen LogP contribution in [-0.2, 0) is 4.74 Å². The third-order valence-electron chi connectivity index (χ3n) is 4.09. The van der Waals surface area contributed by atoms with E-state index in [1.54, 1.807) is 4.68 Å². The quantitative estimate of drug-likeness (QED) is 0.871. The summed E-state index contributed by atoms with van der Waals surface area (Å²) in [6, 6.07) is 11.4. The average molecular weight is 343 g/mol. The van der Waals surface area contributed by atoms with Gasteiger partial charge in [-0.3, -0.25) is 10.2 Å². The summed E-state index contributed by atoms with van der Waals surface area (Å²) in [4.78, 5) is 14.6. The van der Waals surface area contributed by atoms with Gasteiger partial charge in [-0.25, -0.2) is 9.48 Å². The van der Waals surface area contributed by atoms with Crippen LogP contribution in [0.4, 0.5) is 10.6 Å². The Bertz CT molecular complexity index is 695. The van der Waals surface area contributed by atoms with Crippen LogP contribution in [0.2, 0.25) is 0 Å². The minimum Gasteiger partial charge on any atom is -0.379 e. The number of para-hydroxylation sites is 1. The van der Waals surface area contributed by atoms with Crippen LogP contribution in [0.5, 0.6) is 0 Å². The lowest BCUT2D eigenvalue weighted by atomic mass is 10.3. The fourth-order valence-electron chi connectivity index (χ4n) is 2.95. The maximum absolute atomic E-state index is 12.4. The van der Waals surface area contributed by atoms with Gasteiger partial charge in [-0.1, -0.05) is 18.2 Å². The topological polar surface area (TPSA) is 71.4 Å². The maximum atomic E-state index is 12.4. The number of carbonyl (C=O) groups is 1. The smallest absolute Gasteiger partial charge is 0.320 e. The fourth-order valence-corrected chi connectivity index (χ4v) is 2.95. The van der Waals surface area contributed by atoms with Crippen molar-refractivity contribution in [2.75, 3.05) is 38.2 Å². The summed E-state index contributed by atoms with van der Waals surface area (Å²) in [7, 11) is 0. The molecule has 134 valence electrons. The molecule has 1 aromatic heterocycles. The van der Waals surface area contributed by atoms with E-state index in [2.05, 4.69) is 20.6 Å². The van der Waals surface area contributed by atoms with Crippen LogP contribution in [0.25, 0.3) is 5.69 Å². The molecule has 25 heavy (non-hydrogen) atoms. The molecule has 3 rings (SSSR count). The molecule has 0 bridgehead atoms. The zero-order chi connectivity index (χ0) is 17.6. The lowest BCUT2D eigenvalue weighted by Gasteiger charge is -2.29. The molecule has 7 heteroatoms. The van der Waals surface area contributed by atoms with Crippen molar-refractivity contribution in [3.05, 3.63) is 42.1 Å². The number of benzene rings is 1. The standard InChI is InChI=1S/C18H25N5O2/c1-14-12-17(23(21-14)16-6-4-3-5-7-16)20-18(24)19-15(2)13-22-8-10-25-11-9-22/h3-7,12,15H,8-11,13H2,1-2H3,(H2,19,20,24)/t15-/m1/s1. The summed E-state index contributed by atoms with van der Waals surface area (Å²) in [6.07, 6.45) is 0. The average Bonchev–Trinajstić information content (AvgIpc) is 2.96. The SMILES string of the molecule is Cc1cc(NC(=O)N[C@H](C)CN2CCOCC2)n(-c2ccccc2)n1. The maximum Gasteiger partial charge on any atom is 0.320 e. The second-order valence-electron chi connectivity index (χ2n) is 6.33. The van der Waals surface area contributed by atoms with Crippen molar-refractivity contribution >= 4 is 11.8 Å². The molecule has 1 aliphatic rings. The number of hydrogen-bond donors (Lipinski definition) is 2. The largest absolute Gasteiger partial charge is 0.379 e. The summed E-state index contributed by atoms with van der Waals surface area (Å²) in [5, 5.41) is 10.4. The van der Waals surface area contributed by atoms with E-state index in [-0.39, 0.29) is 12.1 Å². The number of ether oxygens (including phenoxy) is 1. The first-order chi connectivity index (χ1) is 12.1. The lowest BCUT2D eigenvalue weighted by molar-refractivity contribution is 0.0350. The van der Waals surface area contributed by atoms with Crippen LogP contribution in [0, 0.1) is 6.92 Å². The number of hydrogen-bond acceptors (Lipinski definition) is 4. The van der Waals surface area contributed by atoms with Crippen LogP contribution < -0.4 is 10.6 Å². The molecule has 2 N–H and O–H groups in total. The number of urea groups is 1. The van der Waals surface area contributed by atoms with Crippen molar-refractivity contribution in [2.45, 2.75) is 19.9 Å². The number of aryl methyl sites for hydroxylation is 1. The van der Waals surface area contributed by atoms with E-state index in [1.807, 2.05) is 50.2 Å². The molecule has 7 nitrogen and oxygen atoms in total. The van der Waals surface area contributed by atoms with Gasteiger partial charge in [0.05, 0.1) is 24.6 Å². The molecule has 0 unspecified atom stereocenters. The molecule has 0 aliphatic carbocycles. The first-order valence-corrected chi connectivity index (χ1v) is 8.61. The number of nitrogens with one attached hydrogen (secondary N) is 2. The van der Waals surface area contributed by atoms with Gasteiger partial charge in [0.15, 0.2) is 0 Å². The minimum atomic E-state index is -0.224. The number of aromatic nitrogens is 2. The molecule has 1 saturated heterocycles. The zero-order valence-corrected chi connectivity index (χ0v) is 14.7. The Kier molecular flexibility index (Phi) is 5.67. The molecule has 2 aromatic rings. The van der Waals surface area contributed by atoms with Crippen LogP contribution in [-0.4, -0.2) is 59.6 Å². The Morgan fingerprint density at radius 1 is 1.28 bits per heavy atom. The zero-order valence-electron chi connectivity index (χ0n) is 14.7. The second-order valence-corrected chi connectivity index (χ2v) is 6.33. The Labute approximate surface area is 148 Å². The summed E-state index contributed by atoms with van der Waals surface area (Å²) < 4.78 is 7.09. The third kappa shape index (κ3) is 4.80. The van der Waals surface area contributed by atoms with Crippen molar-refractivity contribution in [3.8, 4) is 5.69 Å². The molecule has 2 amide bonds. The first-order valence-electron chi connectivity index (χ1n) is 8.61. The summed E-state index contributed by atoms with van der Waals surface area (Å²) in [5.74, 6) is 0.653. The summed E-state index contributed by atoms with van der Waals surface area (Å²) in [6.45, 7) is 8.07. The van der Waals surface area contributed by atoms with Crippen molar-refractivity contribution in [1.82, 2.24) is 20.0 Å². The predicted molar refractivity (Wildman–Crippen MR) is 97.2 cm³/mol. The van der Waals surface area contributed by atoms with Crippen LogP contribution in [0.15, 0.2) is 36.4 Å². The Morgan fingerprint density at radius 3 is 2.72 bits per heavy atom. The lowest BCUT2D eigenvalue weighted by Crippen LogP contribution is -2.47. The van der Waals surface area contributed by atoms with E-state index in [9.17, 15) is 4.79 Å². The number of nitrogens with zero attached hydrogens (tertiary/aromatic N) is 3. The van der Waals surface area contributed by atoms with Gasteiger partial charge in [0.2, 0.25) is 0 Å². The highest BCUT2D eigenvalue weighted by atomic mass is 16.5. The minimum absolute atomic E-state index is 0.0484. The van der Waals surface area contributed by atoms with Gasteiger partial charge < -0.3 is 10.1 Å². The van der Waals surface area contributed by atoms with E-state index >= 15 is 0 Å². The number of amides is 2. The van der Waals surface area contributed by atoms with Crippen molar-refractivity contribution in [3.63, 3.8) is 0 Å². The summed E-state index contributed by atoms with van der Waals surface area (Å²) in [5.41, 5.74) is 1.76. The molecule has 1 fully saturated rings. The highest BCUT2D eigenvalue weighted by Gasteiger charge is 2.16. The number of carbonyl (C=O) groups excluding carboxylic acids is 1. The summed E-state index contributed by atoms with van der Waals surface area (Å²) >= 11 is 0. The van der Waals surface area contributed by atoms with Crippen molar-refractivity contribution < 1.29 is 9.53 Å². The normalized spacial score (nSPS) is 16.4. The van der Waals surface area contributed by atoms with Gasteiger partial charge in [-0.15, -0.1) is 0 Å². The molecule has 1 aliphatic heterocycles. The Morgan fingerprint density at radius 2 is 2.00 bits per heavy atom. The van der Waals surface area contributed by atoms with Gasteiger partial charge in [0.1, 0.15) is 5.82 Å². The number of anilines is 1. The van der Waals surface area contributed by atoms with Crippen molar-refractivity contribution in [1.29, 1.82) is 0 Å². The Hall–Kier alpha value is -2.38. The van der Waals surface area contributed by atoms with Crippen molar-refractivity contribution in [2.24, 2.45) is 0 Å². The molecular weight excluding hydrogens is 318 g/mol. The highest BCUT2D eigenvalue weighted by Crippen LogP contribution is 2.16. The third-order valence-corrected chi connectivity index (χ3v) is 4.09. The van der Waals surface area contributed by atoms with Gasteiger partial charge in [0.25, 0.3) is 0 Å².